The van der Waals surface area contributed by atoms with Gasteiger partial charge in [-0.1, -0.05) is 0 Å². The summed E-state index contributed by atoms with van der Waals surface area (Å²) in [7, 11) is 0. The van der Waals surface area contributed by atoms with Crippen LogP contribution in [0.3, 0.4) is 0 Å². The van der Waals surface area contributed by atoms with Crippen molar-refractivity contribution in [3.8, 4) is 0 Å². The number of aromatic amines is 1. The molecule has 0 saturated heterocycles. The van der Waals surface area contributed by atoms with Gasteiger partial charge in [-0.2, -0.15) is 0 Å². The summed E-state index contributed by atoms with van der Waals surface area (Å²) in [6.07, 6.45) is 0. The molecular weight excluding hydrogens is 182 g/mol. The minimum Gasteiger partial charge on any atom is -0.417 e. The van der Waals surface area contributed by atoms with Crippen LogP contribution in [0.25, 0.3) is 11.1 Å². The lowest BCUT2D eigenvalue weighted by Crippen LogP contribution is -2.25. The molecule has 0 unspecified atom stereocenters. The van der Waals surface area contributed by atoms with Crippen LogP contribution in [-0.2, 0) is 0 Å². The molecule has 1 aromatic heterocycles. The molecule has 2 rings (SSSR count). The third kappa shape index (κ3) is 1.25. The Morgan fingerprint density at radius 2 is 1.79 bits per heavy atom. The van der Waals surface area contributed by atoms with E-state index in [2.05, 4.69) is 4.98 Å². The fraction of sp³-hybridized carbons (Fsp3) is 0.200. The molecule has 0 spiro atoms. The highest BCUT2D eigenvalue weighted by Crippen LogP contribution is 2.14. The first kappa shape index (κ1) is 8.74. The molecule has 0 amide bonds. The summed E-state index contributed by atoms with van der Waals surface area (Å²) in [5, 5.41) is 0. The second-order valence-corrected chi connectivity index (χ2v) is 3.28. The van der Waals surface area contributed by atoms with Gasteiger partial charge in [0, 0.05) is 0 Å². The zero-order valence-corrected chi connectivity index (χ0v) is 7.88. The van der Waals surface area contributed by atoms with Crippen LogP contribution >= 0.6 is 0 Å². The predicted octanol–water partition coefficient (Wildman–Crippen LogP) is 1.10. The smallest absolute Gasteiger partial charge is 0.402 e. The second kappa shape index (κ2) is 2.83. The van der Waals surface area contributed by atoms with Crippen molar-refractivity contribution in [3.05, 3.63) is 44.0 Å². The summed E-state index contributed by atoms with van der Waals surface area (Å²) in [4.78, 5) is 24.4. The van der Waals surface area contributed by atoms with Crippen LogP contribution in [0, 0.1) is 13.8 Å². The minimum atomic E-state index is -0.860. The predicted molar refractivity (Wildman–Crippen MR) is 52.6 cm³/mol. The fourth-order valence-electron chi connectivity index (χ4n) is 1.29. The third-order valence-corrected chi connectivity index (χ3v) is 2.23. The molecular formula is C10H9NO3. The molecule has 0 saturated carbocycles. The third-order valence-electron chi connectivity index (χ3n) is 2.23. The lowest BCUT2D eigenvalue weighted by molar-refractivity contribution is 0.546. The summed E-state index contributed by atoms with van der Waals surface area (Å²) in [5.74, 6) is 0. The van der Waals surface area contributed by atoms with Crippen LogP contribution in [0.15, 0.2) is 26.1 Å². The number of nitrogens with one attached hydrogen (secondary N) is 1. The minimum absolute atomic E-state index is 0.415. The molecule has 1 heterocycles. The maximum Gasteiger partial charge on any atom is 0.402 e. The lowest BCUT2D eigenvalue weighted by Gasteiger charge is -2.01. The number of hydrogen-bond acceptors (Lipinski definition) is 3. The van der Waals surface area contributed by atoms with Crippen LogP contribution in [-0.4, -0.2) is 4.98 Å². The van der Waals surface area contributed by atoms with Gasteiger partial charge in [0.1, 0.15) is 0 Å². The highest BCUT2D eigenvalue weighted by molar-refractivity contribution is 5.73. The Kier molecular flexibility index (Phi) is 1.77. The van der Waals surface area contributed by atoms with Crippen LogP contribution in [0.5, 0.6) is 0 Å². The van der Waals surface area contributed by atoms with Crippen molar-refractivity contribution in [2.24, 2.45) is 0 Å². The first-order valence-corrected chi connectivity index (χ1v) is 4.22. The van der Waals surface area contributed by atoms with Crippen molar-refractivity contribution in [3.63, 3.8) is 0 Å². The van der Waals surface area contributed by atoms with Crippen LogP contribution < -0.4 is 11.2 Å². The molecule has 4 heteroatoms. The zero-order chi connectivity index (χ0) is 10.3. The number of aromatic nitrogens is 1. The number of H-pyrrole nitrogens is 1. The van der Waals surface area contributed by atoms with E-state index in [9.17, 15) is 9.59 Å². The van der Waals surface area contributed by atoms with Crippen molar-refractivity contribution in [2.45, 2.75) is 13.8 Å². The van der Waals surface area contributed by atoms with E-state index < -0.39 is 11.2 Å². The normalized spacial score (nSPS) is 10.7. The van der Waals surface area contributed by atoms with Gasteiger partial charge in [0.05, 0.1) is 5.52 Å². The molecule has 0 radical (unpaired) electrons. The maximum absolute atomic E-state index is 11.0. The molecule has 1 N–H and O–H groups in total. The van der Waals surface area contributed by atoms with Crippen LogP contribution in [0.4, 0.5) is 0 Å². The molecule has 2 aromatic rings. The average molecular weight is 191 g/mol. The van der Waals surface area contributed by atoms with Gasteiger partial charge in [0.2, 0.25) is 0 Å². The Bertz CT molecular complexity index is 552. The average Bonchev–Trinajstić information content (AvgIpc) is 2.11. The quantitative estimate of drug-likeness (QED) is 0.634. The molecule has 4 nitrogen and oxygen atoms in total. The van der Waals surface area contributed by atoms with Gasteiger partial charge < -0.3 is 9.40 Å². The molecule has 0 atom stereocenters. The standard InChI is InChI=1S/C10H9NO3/c1-5-3-7-8(4-6(5)2)14-10(13)9(12)11-7/h3-4H,1-2H3,(H,11,12). The summed E-state index contributed by atoms with van der Waals surface area (Å²) < 4.78 is 4.83. The number of hydrogen-bond donors (Lipinski definition) is 1. The van der Waals surface area contributed by atoms with E-state index in [4.69, 9.17) is 4.42 Å². The SMILES string of the molecule is Cc1cc2[nH]c(=O)c(=O)oc2cc1C. The molecule has 0 fully saturated rings. The molecule has 14 heavy (non-hydrogen) atoms. The number of benzene rings is 1. The highest BCUT2D eigenvalue weighted by Gasteiger charge is 2.03. The van der Waals surface area contributed by atoms with Gasteiger partial charge in [0.15, 0.2) is 5.58 Å². The topological polar surface area (TPSA) is 63.1 Å². The Morgan fingerprint density at radius 3 is 2.50 bits per heavy atom. The monoisotopic (exact) mass is 191 g/mol. The van der Waals surface area contributed by atoms with Crippen molar-refractivity contribution in [1.29, 1.82) is 0 Å². The van der Waals surface area contributed by atoms with Gasteiger partial charge in [-0.25, -0.2) is 4.79 Å². The van der Waals surface area contributed by atoms with Gasteiger partial charge >= 0.3 is 11.2 Å². The Labute approximate surface area is 79.2 Å². The van der Waals surface area contributed by atoms with Gasteiger partial charge in [-0.3, -0.25) is 4.79 Å². The van der Waals surface area contributed by atoms with Crippen molar-refractivity contribution >= 4 is 11.1 Å². The van der Waals surface area contributed by atoms with E-state index in [0.717, 1.165) is 11.1 Å². The molecule has 1 aromatic carbocycles. The number of rotatable bonds is 0. The van der Waals surface area contributed by atoms with Crippen molar-refractivity contribution < 1.29 is 4.42 Å². The molecule has 0 aliphatic rings. The summed E-state index contributed by atoms with van der Waals surface area (Å²) in [5.41, 5.74) is 1.45. The number of fused-ring (bicyclic) bond motifs is 1. The van der Waals surface area contributed by atoms with E-state index >= 15 is 0 Å². The van der Waals surface area contributed by atoms with E-state index in [0.29, 0.717) is 11.1 Å². The van der Waals surface area contributed by atoms with E-state index in [-0.39, 0.29) is 0 Å². The maximum atomic E-state index is 11.0. The lowest BCUT2D eigenvalue weighted by atomic mass is 10.1. The van der Waals surface area contributed by atoms with Gasteiger partial charge in [-0.15, -0.1) is 0 Å². The Hall–Kier alpha value is -1.84. The van der Waals surface area contributed by atoms with Gasteiger partial charge in [0.25, 0.3) is 0 Å². The Morgan fingerprint density at radius 1 is 1.14 bits per heavy atom. The van der Waals surface area contributed by atoms with E-state index in [1.165, 1.54) is 0 Å². The van der Waals surface area contributed by atoms with Crippen molar-refractivity contribution in [2.75, 3.05) is 0 Å². The highest BCUT2D eigenvalue weighted by atomic mass is 16.4. The van der Waals surface area contributed by atoms with E-state index in [1.54, 1.807) is 12.1 Å². The zero-order valence-electron chi connectivity index (χ0n) is 7.88. The first-order chi connectivity index (χ1) is 6.58. The molecule has 0 bridgehead atoms. The van der Waals surface area contributed by atoms with Crippen LogP contribution in [0.1, 0.15) is 11.1 Å². The molecule has 0 aliphatic heterocycles. The number of aryl methyl sites for hydroxylation is 2. The van der Waals surface area contributed by atoms with Gasteiger partial charge in [-0.05, 0) is 37.1 Å². The first-order valence-electron chi connectivity index (χ1n) is 4.22. The summed E-state index contributed by atoms with van der Waals surface area (Å²) in [6, 6.07) is 3.52. The summed E-state index contributed by atoms with van der Waals surface area (Å²) >= 11 is 0. The molecule has 72 valence electrons. The second-order valence-electron chi connectivity index (χ2n) is 3.28. The summed E-state index contributed by atoms with van der Waals surface area (Å²) in [6.45, 7) is 3.85. The van der Waals surface area contributed by atoms with Crippen molar-refractivity contribution in [1.82, 2.24) is 4.98 Å². The Balaban J connectivity index is 2.97. The van der Waals surface area contributed by atoms with Crippen LogP contribution in [0.2, 0.25) is 0 Å². The van der Waals surface area contributed by atoms with E-state index in [1.807, 2.05) is 13.8 Å². The fourth-order valence-corrected chi connectivity index (χ4v) is 1.29. The largest absolute Gasteiger partial charge is 0.417 e. The molecule has 0 aliphatic carbocycles.